The van der Waals surface area contributed by atoms with Crippen molar-refractivity contribution in [1.29, 1.82) is 0 Å². The van der Waals surface area contributed by atoms with Crippen molar-refractivity contribution in [2.75, 3.05) is 6.54 Å². The Morgan fingerprint density at radius 1 is 1.41 bits per heavy atom. The molecule has 0 radical (unpaired) electrons. The van der Waals surface area contributed by atoms with Gasteiger partial charge in [0.15, 0.2) is 0 Å². The summed E-state index contributed by atoms with van der Waals surface area (Å²) < 4.78 is 5.31. The average molecular weight is 241 g/mol. The molecule has 0 spiro atoms. The van der Waals surface area contributed by atoms with Crippen LogP contribution in [0.2, 0.25) is 0 Å². The number of ether oxygens (including phenoxy) is 1. The molecule has 2 fully saturated rings. The molecule has 2 rings (SSSR count). The Hall–Kier alpha value is -1.26. The molecule has 5 nitrogen and oxygen atoms in total. The molecule has 0 bridgehead atoms. The van der Waals surface area contributed by atoms with E-state index in [2.05, 4.69) is 0 Å². The summed E-state index contributed by atoms with van der Waals surface area (Å²) in [6.45, 7) is 6.02. The van der Waals surface area contributed by atoms with Gasteiger partial charge < -0.3 is 14.7 Å². The molecule has 1 aliphatic carbocycles. The summed E-state index contributed by atoms with van der Waals surface area (Å²) in [5.41, 5.74) is -0.494. The van der Waals surface area contributed by atoms with E-state index in [1.165, 1.54) is 0 Å². The second-order valence-electron chi connectivity index (χ2n) is 5.96. The Labute approximate surface area is 101 Å². The van der Waals surface area contributed by atoms with E-state index in [-0.39, 0.29) is 24.5 Å². The molecule has 3 unspecified atom stereocenters. The number of likely N-dealkylation sites (tertiary alicyclic amines) is 1. The molecule has 2 aliphatic rings. The molecule has 5 heteroatoms. The third-order valence-corrected chi connectivity index (χ3v) is 3.31. The van der Waals surface area contributed by atoms with Crippen LogP contribution in [0.5, 0.6) is 0 Å². The predicted molar refractivity (Wildman–Crippen MR) is 60.6 cm³/mol. The number of hydrogen-bond acceptors (Lipinski definition) is 3. The fraction of sp³-hybridized carbons (Fsp3) is 0.833. The highest BCUT2D eigenvalue weighted by atomic mass is 16.6. The van der Waals surface area contributed by atoms with Crippen molar-refractivity contribution in [1.82, 2.24) is 4.90 Å². The Bertz CT molecular complexity index is 347. The second kappa shape index (κ2) is 3.89. The highest BCUT2D eigenvalue weighted by molar-refractivity contribution is 5.71. The molecule has 1 saturated heterocycles. The zero-order valence-electron chi connectivity index (χ0n) is 10.5. The minimum absolute atomic E-state index is 0.102. The summed E-state index contributed by atoms with van der Waals surface area (Å²) in [5, 5.41) is 8.79. The van der Waals surface area contributed by atoms with Gasteiger partial charge in [-0.05, 0) is 39.0 Å². The van der Waals surface area contributed by atoms with Gasteiger partial charge >= 0.3 is 12.1 Å². The molecular formula is C12H19NO4. The number of carboxylic acid groups (broad SMARTS) is 1. The van der Waals surface area contributed by atoms with Crippen LogP contribution in [0.4, 0.5) is 4.79 Å². The average Bonchev–Trinajstić information content (AvgIpc) is 2.82. The largest absolute Gasteiger partial charge is 0.481 e. The lowest BCUT2D eigenvalue weighted by atomic mass is 10.0. The fourth-order valence-corrected chi connectivity index (χ4v) is 2.56. The normalized spacial score (nSPS) is 31.0. The van der Waals surface area contributed by atoms with Crippen molar-refractivity contribution in [3.8, 4) is 0 Å². The number of rotatable bonds is 2. The Kier molecular flexibility index (Phi) is 2.79. The lowest BCUT2D eigenvalue weighted by Crippen LogP contribution is -2.37. The van der Waals surface area contributed by atoms with Gasteiger partial charge in [0, 0.05) is 12.6 Å². The fourth-order valence-electron chi connectivity index (χ4n) is 2.56. The smallest absolute Gasteiger partial charge is 0.410 e. The Balaban J connectivity index is 1.92. The Morgan fingerprint density at radius 3 is 2.59 bits per heavy atom. The number of hydrogen-bond donors (Lipinski definition) is 1. The first-order valence-electron chi connectivity index (χ1n) is 5.99. The van der Waals surface area contributed by atoms with Crippen LogP contribution in [-0.2, 0) is 9.53 Å². The van der Waals surface area contributed by atoms with Gasteiger partial charge in [-0.3, -0.25) is 4.79 Å². The van der Waals surface area contributed by atoms with E-state index >= 15 is 0 Å². The molecule has 1 heterocycles. The number of carboxylic acids is 1. The molecule has 3 atom stereocenters. The maximum atomic E-state index is 11.9. The zero-order valence-corrected chi connectivity index (χ0v) is 10.5. The van der Waals surface area contributed by atoms with Crippen molar-refractivity contribution in [2.24, 2.45) is 11.8 Å². The second-order valence-corrected chi connectivity index (χ2v) is 5.96. The summed E-state index contributed by atoms with van der Waals surface area (Å²) in [7, 11) is 0. The predicted octanol–water partition coefficient (Wildman–Crippen LogP) is 1.72. The van der Waals surface area contributed by atoms with Crippen LogP contribution < -0.4 is 0 Å². The van der Waals surface area contributed by atoms with Crippen molar-refractivity contribution in [2.45, 2.75) is 45.3 Å². The SMILES string of the molecule is CC(C)(C)OC(=O)N1CC(CC(=O)O)C2CC21. The third-order valence-electron chi connectivity index (χ3n) is 3.31. The quantitative estimate of drug-likeness (QED) is 0.799. The summed E-state index contributed by atoms with van der Waals surface area (Å²) in [5.74, 6) is -0.310. The van der Waals surface area contributed by atoms with E-state index in [0.29, 0.717) is 12.5 Å². The standard InChI is InChI=1S/C12H19NO4/c1-12(2,3)17-11(16)13-6-7(4-10(14)15)8-5-9(8)13/h7-9H,4-6H2,1-3H3,(H,14,15). The Morgan fingerprint density at radius 2 is 2.06 bits per heavy atom. The minimum atomic E-state index is -0.785. The van der Waals surface area contributed by atoms with Crippen molar-refractivity contribution in [3.05, 3.63) is 0 Å². The maximum Gasteiger partial charge on any atom is 0.410 e. The van der Waals surface area contributed by atoms with Gasteiger partial charge in [-0.15, -0.1) is 0 Å². The topological polar surface area (TPSA) is 66.8 Å². The molecule has 1 aliphatic heterocycles. The zero-order chi connectivity index (χ0) is 12.8. The van der Waals surface area contributed by atoms with E-state index in [1.54, 1.807) is 4.90 Å². The van der Waals surface area contributed by atoms with Crippen molar-refractivity contribution in [3.63, 3.8) is 0 Å². The summed E-state index contributed by atoms with van der Waals surface area (Å²) in [6.07, 6.45) is 0.773. The molecule has 0 aromatic heterocycles. The number of carbonyl (C=O) groups excluding carboxylic acids is 1. The van der Waals surface area contributed by atoms with Crippen LogP contribution in [0.25, 0.3) is 0 Å². The third kappa shape index (κ3) is 2.70. The van der Waals surface area contributed by atoms with Crippen LogP contribution in [0.15, 0.2) is 0 Å². The molecular weight excluding hydrogens is 222 g/mol. The lowest BCUT2D eigenvalue weighted by Gasteiger charge is -2.26. The summed E-state index contributed by atoms with van der Waals surface area (Å²) in [4.78, 5) is 24.3. The van der Waals surface area contributed by atoms with Crippen molar-refractivity contribution < 1.29 is 19.4 Å². The van der Waals surface area contributed by atoms with Crippen LogP contribution in [0.3, 0.4) is 0 Å². The number of carbonyl (C=O) groups is 2. The number of amides is 1. The van der Waals surface area contributed by atoms with E-state index in [9.17, 15) is 9.59 Å². The summed E-state index contributed by atoms with van der Waals surface area (Å²) in [6, 6.07) is 0.217. The first-order chi connectivity index (χ1) is 7.78. The van der Waals surface area contributed by atoms with Crippen molar-refractivity contribution >= 4 is 12.1 Å². The van der Waals surface area contributed by atoms with Crippen LogP contribution >= 0.6 is 0 Å². The number of piperidine rings is 1. The molecule has 1 amide bonds. The van der Waals surface area contributed by atoms with Gasteiger partial charge in [0.05, 0.1) is 6.42 Å². The van der Waals surface area contributed by atoms with Crippen LogP contribution in [-0.4, -0.2) is 40.3 Å². The lowest BCUT2D eigenvalue weighted by molar-refractivity contribution is -0.138. The first-order valence-corrected chi connectivity index (χ1v) is 5.99. The van der Waals surface area contributed by atoms with E-state index in [1.807, 2.05) is 20.8 Å². The summed E-state index contributed by atoms with van der Waals surface area (Å²) >= 11 is 0. The first kappa shape index (κ1) is 12.2. The minimum Gasteiger partial charge on any atom is -0.481 e. The molecule has 0 aromatic carbocycles. The number of nitrogens with zero attached hydrogens (tertiary/aromatic N) is 1. The highest BCUT2D eigenvalue weighted by Gasteiger charge is 2.56. The van der Waals surface area contributed by atoms with Gasteiger partial charge in [0.2, 0.25) is 0 Å². The molecule has 96 valence electrons. The van der Waals surface area contributed by atoms with Crippen LogP contribution in [0, 0.1) is 11.8 Å². The highest BCUT2D eigenvalue weighted by Crippen LogP contribution is 2.49. The van der Waals surface area contributed by atoms with Gasteiger partial charge in [0.1, 0.15) is 5.60 Å². The number of fused-ring (bicyclic) bond motifs is 1. The van der Waals surface area contributed by atoms with Crippen LogP contribution in [0.1, 0.15) is 33.6 Å². The maximum absolute atomic E-state index is 11.9. The monoisotopic (exact) mass is 241 g/mol. The van der Waals surface area contributed by atoms with Gasteiger partial charge in [-0.25, -0.2) is 4.79 Å². The van der Waals surface area contributed by atoms with E-state index < -0.39 is 11.6 Å². The molecule has 0 aromatic rings. The molecule has 1 N–H and O–H groups in total. The van der Waals surface area contributed by atoms with Gasteiger partial charge in [-0.1, -0.05) is 0 Å². The molecule has 1 saturated carbocycles. The van der Waals surface area contributed by atoms with Gasteiger partial charge in [0.25, 0.3) is 0 Å². The molecule has 17 heavy (non-hydrogen) atoms. The number of aliphatic carboxylic acids is 1. The van der Waals surface area contributed by atoms with Gasteiger partial charge in [-0.2, -0.15) is 0 Å². The van der Waals surface area contributed by atoms with E-state index in [0.717, 1.165) is 6.42 Å². The van der Waals surface area contributed by atoms with E-state index in [4.69, 9.17) is 9.84 Å².